The number of nitrogens with zero attached hydrogens (tertiary/aromatic N) is 6. The molecule has 0 atom stereocenters. The molecular weight excluding hydrogens is 396 g/mol. The molecule has 0 amide bonds. The average molecular weight is 419 g/mol. The minimum absolute atomic E-state index is 0.429. The molecule has 0 radical (unpaired) electrons. The molecule has 0 fully saturated rings. The lowest BCUT2D eigenvalue weighted by atomic mass is 10.1. The molecule has 6 aromatic rings. The quantitative estimate of drug-likeness (QED) is 0.381. The van der Waals surface area contributed by atoms with Crippen LogP contribution in [-0.2, 0) is 6.42 Å². The van der Waals surface area contributed by atoms with E-state index < -0.39 is 0 Å². The van der Waals surface area contributed by atoms with Crippen molar-refractivity contribution in [3.05, 3.63) is 90.5 Å². The van der Waals surface area contributed by atoms with Crippen LogP contribution < -0.4 is 0 Å². The van der Waals surface area contributed by atoms with E-state index in [1.165, 1.54) is 10.9 Å². The fourth-order valence-corrected chi connectivity index (χ4v) is 4.29. The molecule has 2 aromatic carbocycles. The molecule has 0 aliphatic rings. The molecule has 6 rings (SSSR count). The van der Waals surface area contributed by atoms with Gasteiger partial charge in [-0.2, -0.15) is 9.61 Å². The smallest absolute Gasteiger partial charge is 0.177 e. The van der Waals surface area contributed by atoms with E-state index in [9.17, 15) is 0 Å². The maximum absolute atomic E-state index is 4.89. The first-order chi connectivity index (χ1) is 15.7. The first kappa shape index (κ1) is 18.7. The minimum atomic E-state index is 0.429. The Balaban J connectivity index is 1.38. The summed E-state index contributed by atoms with van der Waals surface area (Å²) in [5, 5.41) is 15.9. The predicted molar refractivity (Wildman–Crippen MR) is 127 cm³/mol. The van der Waals surface area contributed by atoms with Crippen LogP contribution in [0.1, 0.15) is 31.3 Å². The second-order valence-corrected chi connectivity index (χ2v) is 8.40. The molecule has 156 valence electrons. The van der Waals surface area contributed by atoms with Gasteiger partial charge in [0.1, 0.15) is 0 Å². The molecule has 0 saturated heterocycles. The summed E-state index contributed by atoms with van der Waals surface area (Å²) in [4.78, 5) is 4.40. The van der Waals surface area contributed by atoms with Gasteiger partial charge in [-0.25, -0.2) is 0 Å². The molecule has 32 heavy (non-hydrogen) atoms. The number of pyridine rings is 1. The highest BCUT2D eigenvalue weighted by Crippen LogP contribution is 2.26. The molecule has 0 N–H and O–H groups in total. The Morgan fingerprint density at radius 1 is 0.875 bits per heavy atom. The lowest BCUT2D eigenvalue weighted by Crippen LogP contribution is -2.01. The molecular formula is C26H22N6. The van der Waals surface area contributed by atoms with Crippen LogP contribution in [0.4, 0.5) is 0 Å². The second kappa shape index (κ2) is 7.27. The van der Waals surface area contributed by atoms with Crippen molar-refractivity contribution in [1.29, 1.82) is 0 Å². The van der Waals surface area contributed by atoms with Crippen molar-refractivity contribution in [3.63, 3.8) is 0 Å². The number of hydrogen-bond acceptors (Lipinski definition) is 4. The Hall–Kier alpha value is -4.06. The molecule has 6 nitrogen and oxygen atoms in total. The van der Waals surface area contributed by atoms with Crippen molar-refractivity contribution in [3.8, 4) is 11.3 Å². The second-order valence-electron chi connectivity index (χ2n) is 8.40. The summed E-state index contributed by atoms with van der Waals surface area (Å²) < 4.78 is 4.14. The van der Waals surface area contributed by atoms with Gasteiger partial charge in [0.05, 0.1) is 11.2 Å². The topological polar surface area (TPSA) is 60.9 Å². The summed E-state index contributed by atoms with van der Waals surface area (Å²) >= 11 is 0. The van der Waals surface area contributed by atoms with Gasteiger partial charge in [-0.05, 0) is 67.9 Å². The van der Waals surface area contributed by atoms with Crippen LogP contribution in [0.3, 0.4) is 0 Å². The monoisotopic (exact) mass is 418 g/mol. The lowest BCUT2D eigenvalue weighted by molar-refractivity contribution is 0.623. The summed E-state index contributed by atoms with van der Waals surface area (Å²) in [7, 11) is 0. The Labute approximate surface area is 185 Å². The first-order valence-electron chi connectivity index (χ1n) is 10.8. The van der Waals surface area contributed by atoms with E-state index in [0.717, 1.165) is 39.2 Å². The van der Waals surface area contributed by atoms with E-state index >= 15 is 0 Å². The SMILES string of the molecule is CC(C)n1ccc2cc(-c3ccc4nnc(Cc5ccc6ncccc6c5)n4n3)ccc21. The Morgan fingerprint density at radius 3 is 2.72 bits per heavy atom. The molecule has 0 saturated carbocycles. The maximum atomic E-state index is 4.89. The van der Waals surface area contributed by atoms with Crippen molar-refractivity contribution < 1.29 is 0 Å². The molecule has 0 aliphatic carbocycles. The number of aromatic nitrogens is 6. The third-order valence-corrected chi connectivity index (χ3v) is 5.93. The Morgan fingerprint density at radius 2 is 1.81 bits per heavy atom. The van der Waals surface area contributed by atoms with Gasteiger partial charge in [-0.15, -0.1) is 10.2 Å². The molecule has 0 aliphatic heterocycles. The lowest BCUT2D eigenvalue weighted by Gasteiger charge is -2.09. The van der Waals surface area contributed by atoms with Gasteiger partial charge in [-0.1, -0.05) is 18.2 Å². The third kappa shape index (κ3) is 3.12. The van der Waals surface area contributed by atoms with Crippen LogP contribution in [0.5, 0.6) is 0 Å². The van der Waals surface area contributed by atoms with Gasteiger partial charge in [0.25, 0.3) is 0 Å². The number of fused-ring (bicyclic) bond motifs is 3. The van der Waals surface area contributed by atoms with Crippen LogP contribution in [0.2, 0.25) is 0 Å². The maximum Gasteiger partial charge on any atom is 0.177 e. The predicted octanol–water partition coefficient (Wildman–Crippen LogP) is 5.47. The number of hydrogen-bond donors (Lipinski definition) is 0. The zero-order valence-electron chi connectivity index (χ0n) is 18.0. The molecule has 4 aromatic heterocycles. The summed E-state index contributed by atoms with van der Waals surface area (Å²) in [5.74, 6) is 0.817. The average Bonchev–Trinajstić information content (AvgIpc) is 3.42. The van der Waals surface area contributed by atoms with Crippen molar-refractivity contribution in [1.82, 2.24) is 29.4 Å². The molecule has 0 spiro atoms. The van der Waals surface area contributed by atoms with E-state index in [1.807, 2.05) is 35.0 Å². The van der Waals surface area contributed by atoms with Gasteiger partial charge in [0.2, 0.25) is 0 Å². The van der Waals surface area contributed by atoms with Crippen molar-refractivity contribution in [2.75, 3.05) is 0 Å². The van der Waals surface area contributed by atoms with Crippen LogP contribution in [0, 0.1) is 0 Å². The van der Waals surface area contributed by atoms with Crippen LogP contribution in [0.25, 0.3) is 38.7 Å². The zero-order chi connectivity index (χ0) is 21.7. The zero-order valence-corrected chi connectivity index (χ0v) is 18.0. The summed E-state index contributed by atoms with van der Waals surface area (Å²) in [6.07, 6.45) is 4.61. The van der Waals surface area contributed by atoms with Gasteiger partial charge >= 0.3 is 0 Å². The van der Waals surface area contributed by atoms with Crippen LogP contribution >= 0.6 is 0 Å². The van der Waals surface area contributed by atoms with Crippen LogP contribution in [0.15, 0.2) is 79.1 Å². The number of benzene rings is 2. The van der Waals surface area contributed by atoms with E-state index in [1.54, 1.807) is 0 Å². The summed E-state index contributed by atoms with van der Waals surface area (Å²) in [5.41, 5.74) is 6.12. The van der Waals surface area contributed by atoms with Crippen molar-refractivity contribution in [2.24, 2.45) is 0 Å². The largest absolute Gasteiger partial charge is 0.345 e. The molecule has 6 heteroatoms. The van der Waals surface area contributed by atoms with E-state index in [0.29, 0.717) is 12.5 Å². The van der Waals surface area contributed by atoms with Gasteiger partial charge < -0.3 is 4.57 Å². The minimum Gasteiger partial charge on any atom is -0.345 e. The van der Waals surface area contributed by atoms with E-state index in [-0.39, 0.29) is 0 Å². The Bertz CT molecular complexity index is 1590. The Kier molecular flexibility index (Phi) is 4.24. The van der Waals surface area contributed by atoms with E-state index in [4.69, 9.17) is 5.10 Å². The summed E-state index contributed by atoms with van der Waals surface area (Å²) in [6.45, 7) is 4.39. The van der Waals surface area contributed by atoms with E-state index in [2.05, 4.69) is 82.3 Å². The highest BCUT2D eigenvalue weighted by molar-refractivity contribution is 5.85. The third-order valence-electron chi connectivity index (χ3n) is 5.93. The van der Waals surface area contributed by atoms with Crippen molar-refractivity contribution in [2.45, 2.75) is 26.3 Å². The molecule has 0 bridgehead atoms. The fourth-order valence-electron chi connectivity index (χ4n) is 4.29. The van der Waals surface area contributed by atoms with Gasteiger partial charge in [0, 0.05) is 46.7 Å². The fraction of sp³-hybridized carbons (Fsp3) is 0.154. The van der Waals surface area contributed by atoms with Crippen molar-refractivity contribution >= 4 is 27.5 Å². The standard InChI is InChI=1S/C26H22N6/c1-17(2)31-13-11-21-16-20(6-9-24(21)31)23-8-10-25-28-29-26(32(25)30-23)15-18-5-7-22-19(14-18)4-3-12-27-22/h3-14,16-17H,15H2,1-2H3. The summed E-state index contributed by atoms with van der Waals surface area (Å²) in [6, 6.07) is 23.4. The first-order valence-corrected chi connectivity index (χ1v) is 10.8. The van der Waals surface area contributed by atoms with Gasteiger partial charge in [-0.3, -0.25) is 4.98 Å². The highest BCUT2D eigenvalue weighted by Gasteiger charge is 2.12. The van der Waals surface area contributed by atoms with Crippen LogP contribution in [-0.4, -0.2) is 29.4 Å². The highest BCUT2D eigenvalue weighted by atomic mass is 15.4. The normalized spacial score (nSPS) is 11.8. The molecule has 4 heterocycles. The number of rotatable bonds is 4. The molecule has 0 unspecified atom stereocenters. The van der Waals surface area contributed by atoms with Gasteiger partial charge in [0.15, 0.2) is 11.5 Å².